The lowest BCUT2D eigenvalue weighted by molar-refractivity contribution is -0.139. The molecule has 108 valence electrons. The molecule has 6 nitrogen and oxygen atoms in total. The van der Waals surface area contributed by atoms with Gasteiger partial charge in [0.2, 0.25) is 5.90 Å². The first kappa shape index (κ1) is 14.7. The maximum Gasteiger partial charge on any atom is 0.338 e. The van der Waals surface area contributed by atoms with Gasteiger partial charge in [-0.3, -0.25) is 10.4 Å². The molecule has 1 aromatic heterocycles. The molecule has 2 unspecified atom stereocenters. The van der Waals surface area contributed by atoms with E-state index in [1.54, 1.807) is 38.4 Å². The molecule has 0 saturated carbocycles. The normalized spacial score (nSPS) is 21.5. The van der Waals surface area contributed by atoms with Crippen LogP contribution >= 0.6 is 0 Å². The van der Waals surface area contributed by atoms with Gasteiger partial charge in [-0.05, 0) is 31.5 Å². The molecule has 2 rings (SSSR count). The summed E-state index contributed by atoms with van der Waals surface area (Å²) in [6, 6.07) is 5.48. The van der Waals surface area contributed by atoms with E-state index in [4.69, 9.17) is 14.9 Å². The van der Waals surface area contributed by atoms with Crippen molar-refractivity contribution in [3.63, 3.8) is 0 Å². The van der Waals surface area contributed by atoms with Crippen LogP contribution in [-0.4, -0.2) is 23.5 Å². The minimum absolute atomic E-state index is 0.162. The first-order valence-electron chi connectivity index (χ1n) is 6.53. The highest BCUT2D eigenvalue weighted by atomic mass is 16.5. The van der Waals surface area contributed by atoms with E-state index in [9.17, 15) is 10.1 Å². The number of aromatic nitrogens is 1. The molecule has 1 N–H and O–H groups in total. The lowest BCUT2D eigenvalue weighted by atomic mass is 9.79. The third kappa shape index (κ3) is 2.77. The molecule has 0 radical (unpaired) electrons. The summed E-state index contributed by atoms with van der Waals surface area (Å²) < 4.78 is 10.3. The summed E-state index contributed by atoms with van der Waals surface area (Å²) in [6.45, 7) is 3.54. The molecule has 6 heteroatoms. The first-order chi connectivity index (χ1) is 10.1. The number of ether oxygens (including phenoxy) is 2. The Morgan fingerprint density at radius 1 is 1.52 bits per heavy atom. The van der Waals surface area contributed by atoms with Crippen LogP contribution < -0.4 is 0 Å². The average Bonchev–Trinajstić information content (AvgIpc) is 2.47. The van der Waals surface area contributed by atoms with Crippen LogP contribution in [0.4, 0.5) is 0 Å². The molecule has 0 aliphatic carbocycles. The Bertz CT molecular complexity index is 631. The summed E-state index contributed by atoms with van der Waals surface area (Å²) >= 11 is 0. The van der Waals surface area contributed by atoms with E-state index in [-0.39, 0.29) is 18.1 Å². The lowest BCUT2D eigenvalue weighted by Gasteiger charge is -2.30. The molecule has 1 aliphatic rings. The third-order valence-corrected chi connectivity index (χ3v) is 3.27. The Kier molecular flexibility index (Phi) is 4.33. The van der Waals surface area contributed by atoms with Gasteiger partial charge in [0.25, 0.3) is 0 Å². The predicted octanol–water partition coefficient (Wildman–Crippen LogP) is 2.15. The number of allylic oxidation sites excluding steroid dienone is 1. The van der Waals surface area contributed by atoms with Crippen molar-refractivity contribution >= 4 is 11.9 Å². The smallest absolute Gasteiger partial charge is 0.338 e. The number of nitriles is 1. The summed E-state index contributed by atoms with van der Waals surface area (Å²) in [5, 5.41) is 17.2. The van der Waals surface area contributed by atoms with E-state index in [0.29, 0.717) is 5.76 Å². The van der Waals surface area contributed by atoms with Crippen LogP contribution in [0.15, 0.2) is 35.9 Å². The van der Waals surface area contributed by atoms with Crippen LogP contribution in [0, 0.1) is 22.7 Å². The number of carbonyl (C=O) groups is 1. The van der Waals surface area contributed by atoms with Crippen LogP contribution in [-0.2, 0) is 14.3 Å². The zero-order valence-electron chi connectivity index (χ0n) is 11.8. The van der Waals surface area contributed by atoms with Crippen molar-refractivity contribution in [3.8, 4) is 6.07 Å². The molecular formula is C15H15N3O3. The Labute approximate surface area is 122 Å². The van der Waals surface area contributed by atoms with Crippen LogP contribution in [0.3, 0.4) is 0 Å². The molecule has 1 aliphatic heterocycles. The van der Waals surface area contributed by atoms with Crippen molar-refractivity contribution in [2.45, 2.75) is 19.8 Å². The number of rotatable bonds is 3. The highest BCUT2D eigenvalue weighted by Gasteiger charge is 2.41. The van der Waals surface area contributed by atoms with Crippen molar-refractivity contribution in [2.75, 3.05) is 6.61 Å². The number of hydrogen-bond acceptors (Lipinski definition) is 6. The molecule has 0 bridgehead atoms. The van der Waals surface area contributed by atoms with Crippen molar-refractivity contribution in [1.82, 2.24) is 4.98 Å². The average molecular weight is 285 g/mol. The Balaban J connectivity index is 2.56. The Morgan fingerprint density at radius 2 is 2.19 bits per heavy atom. The van der Waals surface area contributed by atoms with E-state index < -0.39 is 17.8 Å². The molecule has 2 heterocycles. The summed E-state index contributed by atoms with van der Waals surface area (Å²) in [6.07, 6.45) is 3.17. The number of hydrogen-bond donors (Lipinski definition) is 1. The summed E-state index contributed by atoms with van der Waals surface area (Å²) in [4.78, 5) is 16.1. The maximum atomic E-state index is 12.2. The topological polar surface area (TPSA) is 96.1 Å². The van der Waals surface area contributed by atoms with Gasteiger partial charge < -0.3 is 9.47 Å². The Morgan fingerprint density at radius 3 is 2.76 bits per heavy atom. The summed E-state index contributed by atoms with van der Waals surface area (Å²) in [5.74, 6) is -1.84. The van der Waals surface area contributed by atoms with Gasteiger partial charge in [0.05, 0.1) is 18.2 Å². The van der Waals surface area contributed by atoms with Gasteiger partial charge >= 0.3 is 5.97 Å². The Hall–Kier alpha value is -2.68. The molecule has 21 heavy (non-hydrogen) atoms. The van der Waals surface area contributed by atoms with E-state index >= 15 is 0 Å². The predicted molar refractivity (Wildman–Crippen MR) is 74.2 cm³/mol. The molecule has 1 aromatic rings. The van der Waals surface area contributed by atoms with Gasteiger partial charge in [0.15, 0.2) is 0 Å². The largest absolute Gasteiger partial charge is 0.463 e. The molecule has 0 amide bonds. The van der Waals surface area contributed by atoms with Gasteiger partial charge in [0.1, 0.15) is 11.7 Å². The van der Waals surface area contributed by atoms with Crippen LogP contribution in [0.25, 0.3) is 0 Å². The van der Waals surface area contributed by atoms with Gasteiger partial charge in [-0.2, -0.15) is 5.26 Å². The highest BCUT2D eigenvalue weighted by Crippen LogP contribution is 2.39. The zero-order chi connectivity index (χ0) is 15.4. The lowest BCUT2D eigenvalue weighted by Crippen LogP contribution is -2.33. The van der Waals surface area contributed by atoms with Crippen LogP contribution in [0.2, 0.25) is 0 Å². The molecular weight excluding hydrogens is 270 g/mol. The summed E-state index contributed by atoms with van der Waals surface area (Å²) in [5.41, 5.74) is 1.01. The number of carbonyl (C=O) groups excluding carboxylic acids is 1. The molecule has 0 aromatic carbocycles. The van der Waals surface area contributed by atoms with Crippen LogP contribution in [0.1, 0.15) is 25.3 Å². The van der Waals surface area contributed by atoms with E-state index in [1.807, 2.05) is 6.07 Å². The van der Waals surface area contributed by atoms with Gasteiger partial charge in [0, 0.05) is 18.3 Å². The fourth-order valence-corrected chi connectivity index (χ4v) is 2.36. The van der Waals surface area contributed by atoms with Crippen molar-refractivity contribution < 1.29 is 14.3 Å². The fraction of sp³-hybridized carbons (Fsp3) is 0.333. The first-order valence-corrected chi connectivity index (χ1v) is 6.53. The van der Waals surface area contributed by atoms with Crippen molar-refractivity contribution in [1.29, 1.82) is 10.7 Å². The molecule has 2 atom stereocenters. The standard InChI is InChI=1S/C15H15N3O3/c1-3-20-15(19)12-9(2)21-14(17)11(8-16)13(12)10-4-6-18-7-5-10/h4-7,11,13,17H,3H2,1-2H3. The summed E-state index contributed by atoms with van der Waals surface area (Å²) in [7, 11) is 0. The maximum absolute atomic E-state index is 12.2. The van der Waals surface area contributed by atoms with Gasteiger partial charge in [-0.1, -0.05) is 0 Å². The van der Waals surface area contributed by atoms with Gasteiger partial charge in [-0.15, -0.1) is 0 Å². The number of pyridine rings is 1. The number of nitrogens with one attached hydrogen (secondary N) is 1. The third-order valence-electron chi connectivity index (χ3n) is 3.27. The minimum Gasteiger partial charge on any atom is -0.463 e. The van der Waals surface area contributed by atoms with E-state index in [1.165, 1.54) is 0 Å². The van der Waals surface area contributed by atoms with Crippen LogP contribution in [0.5, 0.6) is 0 Å². The van der Waals surface area contributed by atoms with Crippen molar-refractivity contribution in [3.05, 3.63) is 41.4 Å². The van der Waals surface area contributed by atoms with E-state index in [0.717, 1.165) is 5.56 Å². The fourth-order valence-electron chi connectivity index (χ4n) is 2.36. The SMILES string of the molecule is CCOC(=O)C1=C(C)OC(=N)C(C#N)C1c1ccncc1. The number of nitrogens with zero attached hydrogens (tertiary/aromatic N) is 2. The number of esters is 1. The second-order valence-electron chi connectivity index (χ2n) is 4.52. The molecule has 0 spiro atoms. The monoisotopic (exact) mass is 285 g/mol. The van der Waals surface area contributed by atoms with E-state index in [2.05, 4.69) is 4.98 Å². The second-order valence-corrected chi connectivity index (χ2v) is 4.52. The van der Waals surface area contributed by atoms with Crippen molar-refractivity contribution in [2.24, 2.45) is 5.92 Å². The molecule has 0 saturated heterocycles. The highest BCUT2D eigenvalue weighted by molar-refractivity contribution is 5.95. The quantitative estimate of drug-likeness (QED) is 0.858. The van der Waals surface area contributed by atoms with Gasteiger partial charge in [-0.25, -0.2) is 4.79 Å². The second kappa shape index (κ2) is 6.18. The minimum atomic E-state index is -0.865. The molecule has 0 fully saturated rings. The zero-order valence-corrected chi connectivity index (χ0v) is 11.8.